The minimum atomic E-state index is -1.55. The van der Waals surface area contributed by atoms with Crippen LogP contribution in [0, 0.1) is 5.82 Å². The fourth-order valence-corrected chi connectivity index (χ4v) is 2.44. The van der Waals surface area contributed by atoms with Gasteiger partial charge in [-0.2, -0.15) is 0 Å². The predicted molar refractivity (Wildman–Crippen MR) is 86.9 cm³/mol. The van der Waals surface area contributed by atoms with Gasteiger partial charge in [0, 0.05) is 5.02 Å². The first-order valence-electron chi connectivity index (χ1n) is 6.58. The van der Waals surface area contributed by atoms with E-state index in [9.17, 15) is 14.0 Å². The molecule has 0 aliphatic heterocycles. The van der Waals surface area contributed by atoms with E-state index in [0.717, 1.165) is 6.07 Å². The van der Waals surface area contributed by atoms with Gasteiger partial charge in [-0.25, -0.2) is 4.39 Å². The molecule has 23 heavy (non-hydrogen) atoms. The van der Waals surface area contributed by atoms with Crippen LogP contribution in [0.5, 0.6) is 0 Å². The van der Waals surface area contributed by atoms with E-state index in [1.807, 2.05) is 0 Å². The molecular formula is C16H13Cl2FN2O2. The highest BCUT2D eigenvalue weighted by molar-refractivity contribution is 6.34. The van der Waals surface area contributed by atoms with Crippen LogP contribution < -0.4 is 11.1 Å². The van der Waals surface area contributed by atoms with E-state index < -0.39 is 23.2 Å². The van der Waals surface area contributed by atoms with E-state index in [1.165, 1.54) is 19.1 Å². The second-order valence-electron chi connectivity index (χ2n) is 5.05. The Kier molecular flexibility index (Phi) is 4.92. The van der Waals surface area contributed by atoms with Crippen molar-refractivity contribution in [1.82, 2.24) is 5.32 Å². The average Bonchev–Trinajstić information content (AvgIpc) is 2.47. The van der Waals surface area contributed by atoms with Crippen molar-refractivity contribution in [2.24, 2.45) is 5.73 Å². The number of halogens is 3. The van der Waals surface area contributed by atoms with E-state index in [-0.39, 0.29) is 10.6 Å². The number of primary amides is 1. The Bertz CT molecular complexity index is 745. The SMILES string of the molecule is CC(NC(=O)c1c(F)cccc1Cl)(C(N)=O)c1ccc(Cl)cc1. The summed E-state index contributed by atoms with van der Waals surface area (Å²) in [4.78, 5) is 24.3. The van der Waals surface area contributed by atoms with Gasteiger partial charge < -0.3 is 11.1 Å². The molecule has 0 spiro atoms. The van der Waals surface area contributed by atoms with Crippen molar-refractivity contribution in [3.8, 4) is 0 Å². The second kappa shape index (κ2) is 6.56. The molecule has 2 aromatic carbocycles. The lowest BCUT2D eigenvalue weighted by atomic mass is 9.90. The highest BCUT2D eigenvalue weighted by Gasteiger charge is 2.36. The normalized spacial score (nSPS) is 13.2. The molecule has 1 unspecified atom stereocenters. The number of rotatable bonds is 4. The van der Waals surface area contributed by atoms with Gasteiger partial charge in [0.05, 0.1) is 10.6 Å². The van der Waals surface area contributed by atoms with Crippen LogP contribution in [-0.2, 0) is 10.3 Å². The van der Waals surface area contributed by atoms with E-state index in [1.54, 1.807) is 24.3 Å². The van der Waals surface area contributed by atoms with Crippen molar-refractivity contribution in [2.45, 2.75) is 12.5 Å². The molecule has 1 atom stereocenters. The van der Waals surface area contributed by atoms with Crippen LogP contribution in [0.1, 0.15) is 22.8 Å². The Morgan fingerprint density at radius 3 is 2.26 bits per heavy atom. The van der Waals surface area contributed by atoms with Crippen LogP contribution in [0.25, 0.3) is 0 Å². The van der Waals surface area contributed by atoms with Crippen LogP contribution in [-0.4, -0.2) is 11.8 Å². The largest absolute Gasteiger partial charge is 0.367 e. The number of benzene rings is 2. The molecular weight excluding hydrogens is 342 g/mol. The first-order chi connectivity index (χ1) is 10.8. The van der Waals surface area contributed by atoms with Crippen LogP contribution in [0.4, 0.5) is 4.39 Å². The molecule has 0 aliphatic carbocycles. The number of nitrogens with one attached hydrogen (secondary N) is 1. The summed E-state index contributed by atoms with van der Waals surface area (Å²) in [5.41, 5.74) is 3.94. The molecule has 2 amide bonds. The quantitative estimate of drug-likeness (QED) is 0.884. The molecule has 0 radical (unpaired) electrons. The average molecular weight is 355 g/mol. The molecule has 0 fully saturated rings. The van der Waals surface area contributed by atoms with Crippen molar-refractivity contribution in [2.75, 3.05) is 0 Å². The Hall–Kier alpha value is -2.11. The highest BCUT2D eigenvalue weighted by atomic mass is 35.5. The third-order valence-corrected chi connectivity index (χ3v) is 4.03. The van der Waals surface area contributed by atoms with Crippen molar-refractivity contribution in [3.63, 3.8) is 0 Å². The third kappa shape index (κ3) is 3.46. The van der Waals surface area contributed by atoms with Crippen molar-refractivity contribution < 1.29 is 14.0 Å². The van der Waals surface area contributed by atoms with Gasteiger partial charge in [0.2, 0.25) is 5.91 Å². The number of nitrogens with two attached hydrogens (primary N) is 1. The summed E-state index contributed by atoms with van der Waals surface area (Å²) in [5.74, 6) is -2.44. The summed E-state index contributed by atoms with van der Waals surface area (Å²) in [5, 5.41) is 2.84. The van der Waals surface area contributed by atoms with E-state index in [0.29, 0.717) is 10.6 Å². The zero-order valence-corrected chi connectivity index (χ0v) is 13.6. The number of carbonyl (C=O) groups excluding carboxylic acids is 2. The number of amides is 2. The fraction of sp³-hybridized carbons (Fsp3) is 0.125. The Labute approximate surface area is 142 Å². The lowest BCUT2D eigenvalue weighted by molar-refractivity contribution is -0.123. The van der Waals surface area contributed by atoms with Crippen LogP contribution in [0.3, 0.4) is 0 Å². The Balaban J connectivity index is 2.42. The lowest BCUT2D eigenvalue weighted by Crippen LogP contribution is -2.52. The predicted octanol–water partition coefficient (Wildman–Crippen LogP) is 3.26. The van der Waals surface area contributed by atoms with Crippen molar-refractivity contribution in [1.29, 1.82) is 0 Å². The van der Waals surface area contributed by atoms with Crippen LogP contribution in [0.15, 0.2) is 42.5 Å². The molecule has 0 saturated heterocycles. The zero-order valence-electron chi connectivity index (χ0n) is 12.1. The monoisotopic (exact) mass is 354 g/mol. The molecule has 4 nitrogen and oxygen atoms in total. The first-order valence-corrected chi connectivity index (χ1v) is 7.34. The number of carbonyl (C=O) groups is 2. The topological polar surface area (TPSA) is 72.2 Å². The van der Waals surface area contributed by atoms with E-state index in [2.05, 4.69) is 5.32 Å². The summed E-state index contributed by atoms with van der Waals surface area (Å²) < 4.78 is 13.9. The smallest absolute Gasteiger partial charge is 0.256 e. The summed E-state index contributed by atoms with van der Waals surface area (Å²) >= 11 is 11.7. The maximum Gasteiger partial charge on any atom is 0.256 e. The molecule has 7 heteroatoms. The molecule has 0 aliphatic rings. The fourth-order valence-electron chi connectivity index (χ4n) is 2.06. The summed E-state index contributed by atoms with van der Waals surface area (Å²) in [6.07, 6.45) is 0. The number of hydrogen-bond donors (Lipinski definition) is 2. The minimum absolute atomic E-state index is 0.0644. The molecule has 2 rings (SSSR count). The van der Waals surface area contributed by atoms with Crippen molar-refractivity contribution >= 4 is 35.0 Å². The molecule has 0 aromatic heterocycles. The second-order valence-corrected chi connectivity index (χ2v) is 5.89. The maximum absolute atomic E-state index is 13.9. The lowest BCUT2D eigenvalue weighted by Gasteiger charge is -2.28. The van der Waals surface area contributed by atoms with Gasteiger partial charge in [0.15, 0.2) is 0 Å². The van der Waals surface area contributed by atoms with Crippen LogP contribution in [0.2, 0.25) is 10.0 Å². The first kappa shape index (κ1) is 17.2. The molecule has 120 valence electrons. The molecule has 2 aromatic rings. The third-order valence-electron chi connectivity index (χ3n) is 3.47. The van der Waals surface area contributed by atoms with Gasteiger partial charge >= 0.3 is 0 Å². The van der Waals surface area contributed by atoms with Crippen molar-refractivity contribution in [3.05, 3.63) is 69.5 Å². The molecule has 0 saturated carbocycles. The summed E-state index contributed by atoms with van der Waals surface area (Å²) in [7, 11) is 0. The molecule has 0 bridgehead atoms. The van der Waals surface area contributed by atoms with Gasteiger partial charge in [0.1, 0.15) is 11.4 Å². The molecule has 3 N–H and O–H groups in total. The Morgan fingerprint density at radius 2 is 1.74 bits per heavy atom. The van der Waals surface area contributed by atoms with Gasteiger partial charge in [0.25, 0.3) is 5.91 Å². The standard InChI is InChI=1S/C16H13Cl2FN2O2/c1-16(15(20)23,9-5-7-10(17)8-6-9)21-14(22)13-11(18)3-2-4-12(13)19/h2-8H,1H3,(H2,20,23)(H,21,22). The summed E-state index contributed by atoms with van der Waals surface area (Å²) in [6.45, 7) is 1.42. The van der Waals surface area contributed by atoms with Gasteiger partial charge in [-0.1, -0.05) is 41.4 Å². The number of hydrogen-bond acceptors (Lipinski definition) is 2. The minimum Gasteiger partial charge on any atom is -0.367 e. The highest BCUT2D eigenvalue weighted by Crippen LogP contribution is 2.25. The van der Waals surface area contributed by atoms with Gasteiger partial charge in [-0.15, -0.1) is 0 Å². The maximum atomic E-state index is 13.9. The van der Waals surface area contributed by atoms with E-state index >= 15 is 0 Å². The Morgan fingerprint density at radius 1 is 1.13 bits per heavy atom. The van der Waals surface area contributed by atoms with Gasteiger partial charge in [-0.3, -0.25) is 9.59 Å². The summed E-state index contributed by atoms with van der Waals surface area (Å²) in [6, 6.07) is 10.1. The van der Waals surface area contributed by atoms with Gasteiger partial charge in [-0.05, 0) is 36.8 Å². The van der Waals surface area contributed by atoms with Crippen LogP contribution >= 0.6 is 23.2 Å². The van der Waals surface area contributed by atoms with E-state index in [4.69, 9.17) is 28.9 Å². The molecule has 0 heterocycles. The zero-order chi connectivity index (χ0) is 17.2.